The van der Waals surface area contributed by atoms with Crippen molar-refractivity contribution in [1.29, 1.82) is 0 Å². The van der Waals surface area contributed by atoms with Crippen molar-refractivity contribution in [2.24, 2.45) is 5.92 Å². The van der Waals surface area contributed by atoms with Crippen LogP contribution in [0.25, 0.3) is 5.69 Å². The van der Waals surface area contributed by atoms with Gasteiger partial charge in [0.1, 0.15) is 6.04 Å². The topological polar surface area (TPSA) is 75.2 Å². The summed E-state index contributed by atoms with van der Waals surface area (Å²) in [4.78, 5) is 24.0. The minimum Gasteiger partial charge on any atom is -0.354 e. The summed E-state index contributed by atoms with van der Waals surface area (Å²) in [6.45, 7) is 2.63. The van der Waals surface area contributed by atoms with Gasteiger partial charge in [0.25, 0.3) is 0 Å². The van der Waals surface area contributed by atoms with Crippen molar-refractivity contribution >= 4 is 17.6 Å². The molecule has 0 aliphatic carbocycles. The van der Waals surface area contributed by atoms with Gasteiger partial charge in [0.05, 0.1) is 0 Å². The Hall–Kier alpha value is -2.76. The van der Waals surface area contributed by atoms with E-state index >= 15 is 0 Å². The van der Waals surface area contributed by atoms with Gasteiger partial charge < -0.3 is 20.5 Å². The normalized spacial score (nSPS) is 20.7. The molecule has 3 N–H and O–H groups in total. The Morgan fingerprint density at radius 1 is 1.26 bits per heavy atom. The second kappa shape index (κ2) is 6.56. The number of urea groups is 1. The Balaban J connectivity index is 1.66. The van der Waals surface area contributed by atoms with Gasteiger partial charge in [0.15, 0.2) is 0 Å². The number of carbonyl (C=O) groups is 2. The smallest absolute Gasteiger partial charge is 0.319 e. The van der Waals surface area contributed by atoms with E-state index in [4.69, 9.17) is 0 Å². The third-order valence-electron chi connectivity index (χ3n) is 4.04. The first-order valence-electron chi connectivity index (χ1n) is 7.72. The van der Waals surface area contributed by atoms with Crippen LogP contribution in [0.15, 0.2) is 48.8 Å². The minimum absolute atomic E-state index is 0.125. The molecule has 6 nitrogen and oxygen atoms in total. The monoisotopic (exact) mass is 312 g/mol. The lowest BCUT2D eigenvalue weighted by Crippen LogP contribution is -2.55. The summed E-state index contributed by atoms with van der Waals surface area (Å²) in [6, 6.07) is 10.5. The number of hydrogen-bond donors (Lipinski definition) is 3. The number of amides is 3. The molecular formula is C17H20N4O2. The Bertz CT molecular complexity index is 696. The van der Waals surface area contributed by atoms with Gasteiger partial charge in [0, 0.05) is 30.3 Å². The second-order valence-electron chi connectivity index (χ2n) is 5.77. The van der Waals surface area contributed by atoms with Crippen LogP contribution >= 0.6 is 0 Å². The summed E-state index contributed by atoms with van der Waals surface area (Å²) in [5.74, 6) is 0.000649. The molecule has 0 unspecified atom stereocenters. The Kier molecular flexibility index (Phi) is 4.32. The van der Waals surface area contributed by atoms with E-state index < -0.39 is 6.04 Å². The molecule has 120 valence electrons. The number of rotatable bonds is 3. The van der Waals surface area contributed by atoms with Crippen molar-refractivity contribution < 1.29 is 9.59 Å². The molecule has 0 spiro atoms. The molecule has 2 atom stereocenters. The number of nitrogens with zero attached hydrogens (tertiary/aromatic N) is 1. The zero-order valence-electron chi connectivity index (χ0n) is 13.0. The zero-order valence-corrected chi connectivity index (χ0v) is 13.0. The van der Waals surface area contributed by atoms with Crippen LogP contribution in [0.5, 0.6) is 0 Å². The van der Waals surface area contributed by atoms with E-state index in [2.05, 4.69) is 16.0 Å². The van der Waals surface area contributed by atoms with Crippen molar-refractivity contribution in [1.82, 2.24) is 15.2 Å². The lowest BCUT2D eigenvalue weighted by molar-refractivity contribution is -0.125. The quantitative estimate of drug-likeness (QED) is 0.812. The second-order valence-corrected chi connectivity index (χ2v) is 5.77. The first-order chi connectivity index (χ1) is 11.1. The van der Waals surface area contributed by atoms with E-state index in [1.807, 2.05) is 60.3 Å². The summed E-state index contributed by atoms with van der Waals surface area (Å²) in [5, 5.41) is 8.32. The van der Waals surface area contributed by atoms with E-state index in [9.17, 15) is 9.59 Å². The van der Waals surface area contributed by atoms with E-state index in [-0.39, 0.29) is 17.9 Å². The molecular weight excluding hydrogens is 292 g/mol. The van der Waals surface area contributed by atoms with Crippen LogP contribution in [0.1, 0.15) is 13.3 Å². The summed E-state index contributed by atoms with van der Waals surface area (Å²) >= 11 is 0. The number of anilines is 1. The molecule has 1 aliphatic rings. The van der Waals surface area contributed by atoms with Gasteiger partial charge in [-0.25, -0.2) is 4.79 Å². The van der Waals surface area contributed by atoms with Crippen molar-refractivity contribution in [2.75, 3.05) is 11.9 Å². The largest absolute Gasteiger partial charge is 0.354 e. The fourth-order valence-electron chi connectivity index (χ4n) is 2.73. The Morgan fingerprint density at radius 3 is 2.78 bits per heavy atom. The van der Waals surface area contributed by atoms with Gasteiger partial charge in [-0.15, -0.1) is 0 Å². The van der Waals surface area contributed by atoms with Crippen molar-refractivity contribution in [3.05, 3.63) is 48.8 Å². The van der Waals surface area contributed by atoms with Gasteiger partial charge in [-0.1, -0.05) is 13.0 Å². The highest BCUT2D eigenvalue weighted by atomic mass is 16.2. The summed E-state index contributed by atoms with van der Waals surface area (Å²) in [5.41, 5.74) is 1.63. The zero-order chi connectivity index (χ0) is 16.2. The van der Waals surface area contributed by atoms with Crippen LogP contribution in [-0.2, 0) is 4.79 Å². The van der Waals surface area contributed by atoms with Gasteiger partial charge in [-0.2, -0.15) is 0 Å². The number of carbonyl (C=O) groups excluding carboxylic acids is 2. The lowest BCUT2D eigenvalue weighted by Gasteiger charge is -2.28. The molecule has 1 aliphatic heterocycles. The molecule has 0 radical (unpaired) electrons. The third-order valence-corrected chi connectivity index (χ3v) is 4.04. The standard InChI is InChI=1S/C17H20N4O2/c1-12-7-8-18-16(22)15(12)20-17(23)19-13-5-4-6-14(11-13)21-9-2-3-10-21/h2-6,9-12,15H,7-8H2,1H3,(H,18,22)(H2,19,20,23)/t12-,15+/m0/s1. The summed E-state index contributed by atoms with van der Waals surface area (Å²) in [7, 11) is 0. The number of piperidine rings is 1. The van der Waals surface area contributed by atoms with Gasteiger partial charge in [0.2, 0.25) is 5.91 Å². The maximum atomic E-state index is 12.2. The minimum atomic E-state index is -0.489. The number of hydrogen-bond acceptors (Lipinski definition) is 2. The molecule has 23 heavy (non-hydrogen) atoms. The molecule has 6 heteroatoms. The van der Waals surface area contributed by atoms with Gasteiger partial charge >= 0.3 is 6.03 Å². The average molecular weight is 312 g/mol. The van der Waals surface area contributed by atoms with Gasteiger partial charge in [-0.3, -0.25) is 4.79 Å². The molecule has 1 aromatic heterocycles. The fraction of sp³-hybridized carbons (Fsp3) is 0.294. The SMILES string of the molecule is C[C@H]1CCNC(=O)[C@@H]1NC(=O)Nc1cccc(-n2cccc2)c1. The first kappa shape index (κ1) is 15.1. The van der Waals surface area contributed by atoms with Crippen LogP contribution in [0, 0.1) is 5.92 Å². The number of benzene rings is 1. The third kappa shape index (κ3) is 3.53. The fourth-order valence-corrected chi connectivity index (χ4v) is 2.73. The molecule has 3 amide bonds. The average Bonchev–Trinajstić information content (AvgIpc) is 3.06. The van der Waals surface area contributed by atoms with Crippen molar-refractivity contribution in [2.45, 2.75) is 19.4 Å². The Labute approximate surface area is 134 Å². The highest BCUT2D eigenvalue weighted by Gasteiger charge is 2.30. The number of aromatic nitrogens is 1. The lowest BCUT2D eigenvalue weighted by atomic mass is 9.94. The van der Waals surface area contributed by atoms with Crippen LogP contribution in [-0.4, -0.2) is 29.1 Å². The molecule has 0 bridgehead atoms. The van der Waals surface area contributed by atoms with Crippen LogP contribution in [0.3, 0.4) is 0 Å². The molecule has 3 rings (SSSR count). The highest BCUT2D eigenvalue weighted by Crippen LogP contribution is 2.16. The highest BCUT2D eigenvalue weighted by molar-refractivity contribution is 5.94. The van der Waals surface area contributed by atoms with Crippen molar-refractivity contribution in [3.8, 4) is 5.69 Å². The van der Waals surface area contributed by atoms with E-state index in [0.717, 1.165) is 12.1 Å². The first-order valence-corrected chi connectivity index (χ1v) is 7.72. The van der Waals surface area contributed by atoms with E-state index in [1.165, 1.54) is 0 Å². The summed E-state index contributed by atoms with van der Waals surface area (Å²) in [6.07, 6.45) is 4.74. The molecule has 1 fully saturated rings. The Morgan fingerprint density at radius 2 is 2.04 bits per heavy atom. The van der Waals surface area contributed by atoms with Gasteiger partial charge in [-0.05, 0) is 42.7 Å². The molecule has 0 saturated carbocycles. The van der Waals surface area contributed by atoms with Crippen LogP contribution in [0.2, 0.25) is 0 Å². The van der Waals surface area contributed by atoms with E-state index in [1.54, 1.807) is 0 Å². The summed E-state index contributed by atoms with van der Waals surface area (Å²) < 4.78 is 1.96. The predicted molar refractivity (Wildman–Crippen MR) is 88.5 cm³/mol. The van der Waals surface area contributed by atoms with Crippen LogP contribution in [0.4, 0.5) is 10.5 Å². The molecule has 1 saturated heterocycles. The number of nitrogens with one attached hydrogen (secondary N) is 3. The molecule has 2 aromatic rings. The molecule has 2 heterocycles. The van der Waals surface area contributed by atoms with Crippen molar-refractivity contribution in [3.63, 3.8) is 0 Å². The van der Waals surface area contributed by atoms with E-state index in [0.29, 0.717) is 12.2 Å². The maximum absolute atomic E-state index is 12.2. The van der Waals surface area contributed by atoms with Crippen LogP contribution < -0.4 is 16.0 Å². The predicted octanol–water partition coefficient (Wildman–Crippen LogP) is 2.12. The maximum Gasteiger partial charge on any atom is 0.319 e. The molecule has 1 aromatic carbocycles.